The van der Waals surface area contributed by atoms with Gasteiger partial charge in [0, 0.05) is 19.0 Å². The van der Waals surface area contributed by atoms with Crippen molar-refractivity contribution < 1.29 is 8.42 Å². The Balaban J connectivity index is 2.31. The average Bonchev–Trinajstić information content (AvgIpc) is 2.38. The van der Waals surface area contributed by atoms with Crippen LogP contribution in [0.15, 0.2) is 23.1 Å². The van der Waals surface area contributed by atoms with E-state index in [2.05, 4.69) is 13.8 Å². The quantitative estimate of drug-likeness (QED) is 0.786. The molecule has 1 saturated heterocycles. The van der Waals surface area contributed by atoms with Crippen molar-refractivity contribution in [1.82, 2.24) is 4.31 Å². The fraction of sp³-hybridized carbons (Fsp3) is 0.571. The topological polar surface area (TPSA) is 37.4 Å². The van der Waals surface area contributed by atoms with Crippen LogP contribution in [-0.2, 0) is 15.9 Å². The Morgan fingerprint density at radius 3 is 2.40 bits per heavy atom. The summed E-state index contributed by atoms with van der Waals surface area (Å²) in [5.74, 6) is 0.271. The van der Waals surface area contributed by atoms with Gasteiger partial charge < -0.3 is 0 Å². The van der Waals surface area contributed by atoms with Gasteiger partial charge in [-0.2, -0.15) is 4.31 Å². The van der Waals surface area contributed by atoms with Gasteiger partial charge in [0.1, 0.15) is 4.90 Å². The summed E-state index contributed by atoms with van der Waals surface area (Å²) in [5, 5.41) is 0.253. The first-order valence-corrected chi connectivity index (χ1v) is 8.96. The van der Waals surface area contributed by atoms with Gasteiger partial charge in [0.25, 0.3) is 0 Å². The van der Waals surface area contributed by atoms with E-state index in [-0.39, 0.29) is 21.2 Å². The third kappa shape index (κ3) is 3.30. The van der Waals surface area contributed by atoms with Crippen LogP contribution < -0.4 is 0 Å². The third-order valence-corrected chi connectivity index (χ3v) is 6.53. The zero-order chi connectivity index (χ0) is 15.0. The van der Waals surface area contributed by atoms with Gasteiger partial charge in [-0.05, 0) is 36.0 Å². The van der Waals surface area contributed by atoms with Crippen molar-refractivity contribution in [2.24, 2.45) is 5.41 Å². The Kier molecular flexibility index (Phi) is 4.69. The second-order valence-electron chi connectivity index (χ2n) is 5.97. The lowest BCUT2D eigenvalue weighted by Crippen LogP contribution is -2.41. The molecule has 112 valence electrons. The van der Waals surface area contributed by atoms with Crippen molar-refractivity contribution >= 4 is 33.2 Å². The summed E-state index contributed by atoms with van der Waals surface area (Å²) in [4.78, 5) is 0.164. The monoisotopic (exact) mass is 335 g/mol. The van der Waals surface area contributed by atoms with Crippen molar-refractivity contribution in [3.8, 4) is 0 Å². The molecule has 0 N–H and O–H groups in total. The summed E-state index contributed by atoms with van der Waals surface area (Å²) < 4.78 is 26.9. The molecule has 0 saturated carbocycles. The number of benzene rings is 1. The van der Waals surface area contributed by atoms with Crippen molar-refractivity contribution in [2.45, 2.75) is 37.5 Å². The summed E-state index contributed by atoms with van der Waals surface area (Å²) in [6.07, 6.45) is 1.72. The van der Waals surface area contributed by atoms with Crippen molar-refractivity contribution in [1.29, 1.82) is 0 Å². The highest BCUT2D eigenvalue weighted by atomic mass is 35.5. The van der Waals surface area contributed by atoms with Crippen LogP contribution in [0.5, 0.6) is 0 Å². The predicted octanol–water partition coefficient (Wildman–Crippen LogP) is 3.89. The molecule has 20 heavy (non-hydrogen) atoms. The summed E-state index contributed by atoms with van der Waals surface area (Å²) in [5.41, 5.74) is 0.959. The van der Waals surface area contributed by atoms with Gasteiger partial charge in [-0.25, -0.2) is 8.42 Å². The minimum absolute atomic E-state index is 0.164. The molecule has 1 aromatic carbocycles. The molecule has 1 fully saturated rings. The van der Waals surface area contributed by atoms with Crippen molar-refractivity contribution in [3.05, 3.63) is 28.8 Å². The number of hydrogen-bond acceptors (Lipinski definition) is 2. The van der Waals surface area contributed by atoms with Crippen LogP contribution in [0.2, 0.25) is 5.02 Å². The Bertz CT molecular complexity index is 589. The van der Waals surface area contributed by atoms with E-state index in [0.717, 1.165) is 18.4 Å². The average molecular weight is 336 g/mol. The molecule has 6 heteroatoms. The predicted molar refractivity (Wildman–Crippen MR) is 82.8 cm³/mol. The number of nitrogens with zero attached hydrogens (tertiary/aromatic N) is 1. The number of halogens is 2. The lowest BCUT2D eigenvalue weighted by molar-refractivity contribution is 0.196. The van der Waals surface area contributed by atoms with Gasteiger partial charge in [0.15, 0.2) is 0 Å². The van der Waals surface area contributed by atoms with Crippen LogP contribution in [0.25, 0.3) is 0 Å². The number of hydrogen-bond donors (Lipinski definition) is 0. The Morgan fingerprint density at radius 1 is 1.25 bits per heavy atom. The largest absolute Gasteiger partial charge is 0.244 e. The van der Waals surface area contributed by atoms with Crippen LogP contribution in [-0.4, -0.2) is 25.8 Å². The first kappa shape index (κ1) is 16.1. The summed E-state index contributed by atoms with van der Waals surface area (Å²) in [6.45, 7) is 5.41. The van der Waals surface area contributed by atoms with E-state index in [1.54, 1.807) is 18.2 Å². The highest BCUT2D eigenvalue weighted by Gasteiger charge is 2.33. The van der Waals surface area contributed by atoms with Crippen LogP contribution >= 0.6 is 23.2 Å². The Morgan fingerprint density at radius 2 is 1.85 bits per heavy atom. The van der Waals surface area contributed by atoms with Crippen molar-refractivity contribution in [2.75, 3.05) is 13.1 Å². The van der Waals surface area contributed by atoms with Crippen LogP contribution in [0.1, 0.15) is 32.3 Å². The molecule has 0 aromatic heterocycles. The highest BCUT2D eigenvalue weighted by molar-refractivity contribution is 7.89. The fourth-order valence-electron chi connectivity index (χ4n) is 2.30. The normalized spacial score (nSPS) is 20.0. The zero-order valence-corrected chi connectivity index (χ0v) is 14.0. The van der Waals surface area contributed by atoms with Crippen LogP contribution in [0.4, 0.5) is 0 Å². The van der Waals surface area contributed by atoms with Gasteiger partial charge in [-0.1, -0.05) is 31.5 Å². The fourth-order valence-corrected chi connectivity index (χ4v) is 4.43. The van der Waals surface area contributed by atoms with E-state index in [9.17, 15) is 8.42 Å². The lowest BCUT2D eigenvalue weighted by atomic mass is 9.83. The smallest absolute Gasteiger partial charge is 0.207 e. The molecule has 1 heterocycles. The van der Waals surface area contributed by atoms with E-state index in [0.29, 0.717) is 13.1 Å². The molecule has 0 aliphatic carbocycles. The molecule has 0 spiro atoms. The second kappa shape index (κ2) is 5.84. The molecule has 0 radical (unpaired) electrons. The molecule has 0 atom stereocenters. The lowest BCUT2D eigenvalue weighted by Gasteiger charge is -2.36. The minimum atomic E-state index is -3.53. The number of rotatable bonds is 3. The van der Waals surface area contributed by atoms with Gasteiger partial charge >= 0.3 is 0 Å². The van der Waals surface area contributed by atoms with E-state index in [4.69, 9.17) is 23.2 Å². The Labute approximate surface area is 130 Å². The molecule has 2 rings (SSSR count). The molecule has 0 bridgehead atoms. The van der Waals surface area contributed by atoms with Crippen LogP contribution in [0.3, 0.4) is 0 Å². The van der Waals surface area contributed by atoms with Crippen molar-refractivity contribution in [3.63, 3.8) is 0 Å². The maximum Gasteiger partial charge on any atom is 0.244 e. The minimum Gasteiger partial charge on any atom is -0.207 e. The van der Waals surface area contributed by atoms with E-state index < -0.39 is 10.0 Å². The molecule has 1 aliphatic heterocycles. The molecular formula is C14H19Cl2NO2S. The zero-order valence-electron chi connectivity index (χ0n) is 11.7. The maximum absolute atomic E-state index is 12.7. The standard InChI is InChI=1S/C14H19Cl2NO2S/c1-14(2)5-7-17(8-6-14)20(18,19)13-9-11(10-15)3-4-12(13)16/h3-4,9H,5-8,10H2,1-2H3. The molecule has 0 amide bonds. The number of piperidine rings is 1. The molecule has 0 unspecified atom stereocenters. The first-order valence-electron chi connectivity index (χ1n) is 6.61. The highest BCUT2D eigenvalue weighted by Crippen LogP contribution is 2.34. The summed E-state index contributed by atoms with van der Waals surface area (Å²) >= 11 is 11.8. The molecule has 1 aliphatic rings. The Hall–Kier alpha value is -0.290. The number of sulfonamides is 1. The molecular weight excluding hydrogens is 317 g/mol. The van der Waals surface area contributed by atoms with Gasteiger partial charge in [0.2, 0.25) is 10.0 Å². The van der Waals surface area contributed by atoms with Gasteiger partial charge in [-0.15, -0.1) is 11.6 Å². The summed E-state index contributed by atoms with van der Waals surface area (Å²) in [6, 6.07) is 4.91. The van der Waals surface area contributed by atoms with E-state index in [1.165, 1.54) is 4.31 Å². The molecule has 1 aromatic rings. The van der Waals surface area contributed by atoms with Gasteiger partial charge in [0.05, 0.1) is 5.02 Å². The summed E-state index contributed by atoms with van der Waals surface area (Å²) in [7, 11) is -3.53. The van der Waals surface area contributed by atoms with E-state index >= 15 is 0 Å². The third-order valence-electron chi connectivity index (χ3n) is 3.84. The second-order valence-corrected chi connectivity index (χ2v) is 8.55. The van der Waals surface area contributed by atoms with Gasteiger partial charge in [-0.3, -0.25) is 0 Å². The number of alkyl halides is 1. The molecule has 3 nitrogen and oxygen atoms in total. The van der Waals surface area contributed by atoms with E-state index in [1.807, 2.05) is 0 Å². The first-order chi connectivity index (χ1) is 9.26. The maximum atomic E-state index is 12.7. The SMILES string of the molecule is CC1(C)CCN(S(=O)(=O)c2cc(CCl)ccc2Cl)CC1. The van der Waals surface area contributed by atoms with Crippen LogP contribution in [0, 0.1) is 5.41 Å².